The standard InChI is InChI=1S/C10H15BrN2O2S/c1-3-13-16(14,15)9-5-8(6-12)4-7(2)10(9)11/h4-5,13H,3,6,12H2,1-2H3. The molecule has 0 heterocycles. The maximum atomic E-state index is 11.9. The van der Waals surface area contributed by atoms with E-state index in [-0.39, 0.29) is 4.90 Å². The fourth-order valence-corrected chi connectivity index (χ4v) is 3.50. The van der Waals surface area contributed by atoms with E-state index in [4.69, 9.17) is 5.73 Å². The first-order valence-electron chi connectivity index (χ1n) is 4.91. The highest BCUT2D eigenvalue weighted by Crippen LogP contribution is 2.27. The predicted molar refractivity (Wildman–Crippen MR) is 67.6 cm³/mol. The molecular weight excluding hydrogens is 292 g/mol. The fraction of sp³-hybridized carbons (Fsp3) is 0.400. The normalized spacial score (nSPS) is 11.8. The van der Waals surface area contributed by atoms with E-state index in [1.165, 1.54) is 0 Å². The van der Waals surface area contributed by atoms with Crippen molar-refractivity contribution in [2.75, 3.05) is 6.54 Å². The van der Waals surface area contributed by atoms with Gasteiger partial charge in [-0.1, -0.05) is 13.0 Å². The number of rotatable bonds is 4. The second-order valence-electron chi connectivity index (χ2n) is 3.43. The fourth-order valence-electron chi connectivity index (χ4n) is 1.39. The molecule has 90 valence electrons. The van der Waals surface area contributed by atoms with Crippen LogP contribution in [0.1, 0.15) is 18.1 Å². The minimum Gasteiger partial charge on any atom is -0.326 e. The Bertz CT molecular complexity index is 486. The molecular formula is C10H15BrN2O2S. The molecule has 0 saturated carbocycles. The Labute approximate surface area is 104 Å². The highest BCUT2D eigenvalue weighted by molar-refractivity contribution is 9.10. The number of hydrogen-bond donors (Lipinski definition) is 2. The number of nitrogens with one attached hydrogen (secondary N) is 1. The zero-order valence-corrected chi connectivity index (χ0v) is 11.7. The molecule has 0 bridgehead atoms. The van der Waals surface area contributed by atoms with Crippen molar-refractivity contribution in [3.63, 3.8) is 0 Å². The lowest BCUT2D eigenvalue weighted by Gasteiger charge is -2.11. The average molecular weight is 307 g/mol. The summed E-state index contributed by atoms with van der Waals surface area (Å²) in [4.78, 5) is 0.245. The lowest BCUT2D eigenvalue weighted by atomic mass is 10.1. The molecule has 1 rings (SSSR count). The van der Waals surface area contributed by atoms with Gasteiger partial charge in [-0.05, 0) is 40.0 Å². The summed E-state index contributed by atoms with van der Waals surface area (Å²) in [5.41, 5.74) is 7.19. The minimum absolute atomic E-state index is 0.245. The van der Waals surface area contributed by atoms with Crippen molar-refractivity contribution in [3.8, 4) is 0 Å². The first kappa shape index (κ1) is 13.6. The average Bonchev–Trinajstić information content (AvgIpc) is 2.21. The third-order valence-corrected chi connectivity index (χ3v) is 5.03. The maximum Gasteiger partial charge on any atom is 0.241 e. The van der Waals surface area contributed by atoms with Crippen molar-refractivity contribution in [2.45, 2.75) is 25.3 Å². The molecule has 4 nitrogen and oxygen atoms in total. The Balaban J connectivity index is 3.38. The summed E-state index contributed by atoms with van der Waals surface area (Å²) in [7, 11) is -3.45. The van der Waals surface area contributed by atoms with Gasteiger partial charge in [-0.2, -0.15) is 0 Å². The van der Waals surface area contributed by atoms with Crippen molar-refractivity contribution >= 4 is 26.0 Å². The Morgan fingerprint density at radius 1 is 1.44 bits per heavy atom. The van der Waals surface area contributed by atoms with Gasteiger partial charge in [0.15, 0.2) is 0 Å². The van der Waals surface area contributed by atoms with Crippen LogP contribution in [0.3, 0.4) is 0 Å². The molecule has 0 aliphatic heterocycles. The molecule has 0 saturated heterocycles. The van der Waals surface area contributed by atoms with Gasteiger partial charge < -0.3 is 5.73 Å². The molecule has 6 heteroatoms. The summed E-state index contributed by atoms with van der Waals surface area (Å²) in [6, 6.07) is 3.46. The maximum absolute atomic E-state index is 11.9. The van der Waals surface area contributed by atoms with Gasteiger partial charge in [-0.25, -0.2) is 13.1 Å². The van der Waals surface area contributed by atoms with Crippen molar-refractivity contribution in [2.24, 2.45) is 5.73 Å². The van der Waals surface area contributed by atoms with E-state index in [1.54, 1.807) is 13.0 Å². The highest BCUT2D eigenvalue weighted by atomic mass is 79.9. The van der Waals surface area contributed by atoms with E-state index in [0.29, 0.717) is 17.6 Å². The molecule has 16 heavy (non-hydrogen) atoms. The van der Waals surface area contributed by atoms with E-state index < -0.39 is 10.0 Å². The van der Waals surface area contributed by atoms with E-state index >= 15 is 0 Å². The summed E-state index contributed by atoms with van der Waals surface area (Å²) in [5, 5.41) is 0. The van der Waals surface area contributed by atoms with E-state index in [2.05, 4.69) is 20.7 Å². The zero-order valence-electron chi connectivity index (χ0n) is 9.25. The molecule has 0 unspecified atom stereocenters. The van der Waals surface area contributed by atoms with Gasteiger partial charge in [0.1, 0.15) is 0 Å². The van der Waals surface area contributed by atoms with Gasteiger partial charge >= 0.3 is 0 Å². The monoisotopic (exact) mass is 306 g/mol. The van der Waals surface area contributed by atoms with Gasteiger partial charge in [-0.3, -0.25) is 0 Å². The Morgan fingerprint density at radius 3 is 2.56 bits per heavy atom. The van der Waals surface area contributed by atoms with Crippen LogP contribution in [0.2, 0.25) is 0 Å². The number of halogens is 1. The first-order valence-corrected chi connectivity index (χ1v) is 7.18. The predicted octanol–water partition coefficient (Wildman–Crippen LogP) is 1.51. The molecule has 1 aromatic carbocycles. The van der Waals surface area contributed by atoms with Gasteiger partial charge in [0, 0.05) is 17.6 Å². The molecule has 0 radical (unpaired) electrons. The van der Waals surface area contributed by atoms with Crippen LogP contribution in [0.15, 0.2) is 21.5 Å². The van der Waals surface area contributed by atoms with Gasteiger partial charge in [0.25, 0.3) is 0 Å². The lowest BCUT2D eigenvalue weighted by molar-refractivity contribution is 0.583. The molecule has 0 atom stereocenters. The van der Waals surface area contributed by atoms with Crippen LogP contribution >= 0.6 is 15.9 Å². The van der Waals surface area contributed by atoms with E-state index in [1.807, 2.05) is 13.0 Å². The second kappa shape index (κ2) is 5.27. The first-order chi connectivity index (χ1) is 7.42. The quantitative estimate of drug-likeness (QED) is 0.886. The molecule has 0 fully saturated rings. The molecule has 0 aliphatic rings. The van der Waals surface area contributed by atoms with Gasteiger partial charge in [-0.15, -0.1) is 0 Å². The van der Waals surface area contributed by atoms with E-state index in [0.717, 1.165) is 11.1 Å². The Kier molecular flexibility index (Phi) is 4.49. The molecule has 3 N–H and O–H groups in total. The van der Waals surface area contributed by atoms with Crippen LogP contribution < -0.4 is 10.5 Å². The van der Waals surface area contributed by atoms with Crippen molar-refractivity contribution in [3.05, 3.63) is 27.7 Å². The number of hydrogen-bond acceptors (Lipinski definition) is 3. The van der Waals surface area contributed by atoms with Crippen LogP contribution in [0.4, 0.5) is 0 Å². The van der Waals surface area contributed by atoms with Gasteiger partial charge in [0.05, 0.1) is 4.90 Å². The summed E-state index contributed by atoms with van der Waals surface area (Å²) >= 11 is 3.29. The summed E-state index contributed by atoms with van der Waals surface area (Å²) < 4.78 is 26.8. The molecule has 1 aromatic rings. The number of aryl methyl sites for hydroxylation is 1. The number of benzene rings is 1. The summed E-state index contributed by atoms with van der Waals surface area (Å²) in [6.07, 6.45) is 0. The summed E-state index contributed by atoms with van der Waals surface area (Å²) in [5.74, 6) is 0. The number of nitrogens with two attached hydrogens (primary N) is 1. The van der Waals surface area contributed by atoms with Crippen LogP contribution in [-0.4, -0.2) is 15.0 Å². The molecule has 0 aliphatic carbocycles. The largest absolute Gasteiger partial charge is 0.326 e. The molecule has 0 spiro atoms. The van der Waals surface area contributed by atoms with Crippen molar-refractivity contribution < 1.29 is 8.42 Å². The molecule has 0 amide bonds. The van der Waals surface area contributed by atoms with Crippen LogP contribution in [-0.2, 0) is 16.6 Å². The minimum atomic E-state index is -3.45. The van der Waals surface area contributed by atoms with Crippen molar-refractivity contribution in [1.82, 2.24) is 4.72 Å². The Hall–Kier alpha value is -0.430. The SMILES string of the molecule is CCNS(=O)(=O)c1cc(CN)cc(C)c1Br. The molecule has 0 aromatic heterocycles. The van der Waals surface area contributed by atoms with Crippen LogP contribution in [0.5, 0.6) is 0 Å². The smallest absolute Gasteiger partial charge is 0.241 e. The van der Waals surface area contributed by atoms with E-state index in [9.17, 15) is 8.42 Å². The second-order valence-corrected chi connectivity index (χ2v) is 5.96. The number of sulfonamides is 1. The zero-order chi connectivity index (χ0) is 12.3. The Morgan fingerprint density at radius 2 is 2.06 bits per heavy atom. The topological polar surface area (TPSA) is 72.2 Å². The lowest BCUT2D eigenvalue weighted by Crippen LogP contribution is -2.24. The van der Waals surface area contributed by atoms with Crippen molar-refractivity contribution in [1.29, 1.82) is 0 Å². The van der Waals surface area contributed by atoms with Crippen LogP contribution in [0, 0.1) is 6.92 Å². The van der Waals surface area contributed by atoms with Gasteiger partial charge in [0.2, 0.25) is 10.0 Å². The van der Waals surface area contributed by atoms with Crippen LogP contribution in [0.25, 0.3) is 0 Å². The third-order valence-electron chi connectivity index (χ3n) is 2.14. The third kappa shape index (κ3) is 2.82. The highest BCUT2D eigenvalue weighted by Gasteiger charge is 2.18. The summed E-state index contributed by atoms with van der Waals surface area (Å²) in [6.45, 7) is 4.27.